The Morgan fingerprint density at radius 3 is 2.76 bits per heavy atom. The lowest BCUT2D eigenvalue weighted by atomic mass is 10.1. The summed E-state index contributed by atoms with van der Waals surface area (Å²) in [6.45, 7) is 4.59. The van der Waals surface area contributed by atoms with Crippen LogP contribution in [0.4, 0.5) is 5.13 Å². The van der Waals surface area contributed by atoms with E-state index in [1.165, 1.54) is 38.5 Å². The van der Waals surface area contributed by atoms with Crippen LogP contribution >= 0.6 is 22.7 Å². The van der Waals surface area contributed by atoms with Crippen LogP contribution in [0.3, 0.4) is 0 Å². The van der Waals surface area contributed by atoms with Crippen molar-refractivity contribution in [1.29, 1.82) is 0 Å². The van der Waals surface area contributed by atoms with E-state index >= 15 is 0 Å². The summed E-state index contributed by atoms with van der Waals surface area (Å²) in [4.78, 5) is 12.9. The van der Waals surface area contributed by atoms with Gasteiger partial charge in [-0.15, -0.1) is 16.0 Å². The van der Waals surface area contributed by atoms with Gasteiger partial charge in [0.2, 0.25) is 5.78 Å². The average molecular weight is 440 g/mol. The molecule has 0 amide bonds. The maximum atomic E-state index is 12.2. The second-order valence-corrected chi connectivity index (χ2v) is 7.47. The number of hydrogen-bond donors (Lipinski definition) is 1. The van der Waals surface area contributed by atoms with Gasteiger partial charge in [0.05, 0.1) is 4.88 Å². The molecule has 0 fully saturated rings. The number of anilines is 1. The summed E-state index contributed by atoms with van der Waals surface area (Å²) in [5.41, 5.74) is 8.38. The van der Waals surface area contributed by atoms with Gasteiger partial charge in [0.15, 0.2) is 11.6 Å². The molecule has 5 nitrogen and oxygen atoms in total. The summed E-state index contributed by atoms with van der Waals surface area (Å²) in [7, 11) is 0. The number of halogens is 1. The molecule has 1 aromatic carbocycles. The molecular formula is C17H18BrN3O2S2. The van der Waals surface area contributed by atoms with Crippen LogP contribution in [-0.2, 0) is 13.2 Å². The molecule has 0 spiro atoms. The summed E-state index contributed by atoms with van der Waals surface area (Å²) >= 11 is 2.76. The standard InChI is InChI=1S/C17H17N3O2S2.BrH/c1-11-5-6-13(8-12(11)2)22-10-16-19-20(17(18)24-16)9-14(21)15-4-3-7-23-15;/h3-8,18H,9-10H2,1-2H3;1H. The van der Waals surface area contributed by atoms with Crippen LogP contribution in [0, 0.1) is 13.8 Å². The molecule has 2 heterocycles. The van der Waals surface area contributed by atoms with Crippen LogP contribution in [-0.4, -0.2) is 10.9 Å². The van der Waals surface area contributed by atoms with Crippen LogP contribution in [0.5, 0.6) is 5.75 Å². The van der Waals surface area contributed by atoms with Crippen molar-refractivity contribution in [3.63, 3.8) is 0 Å². The van der Waals surface area contributed by atoms with E-state index in [4.69, 9.17) is 10.5 Å². The van der Waals surface area contributed by atoms with Gasteiger partial charge in [0.25, 0.3) is 0 Å². The Labute approximate surface area is 164 Å². The van der Waals surface area contributed by atoms with E-state index in [9.17, 15) is 4.79 Å². The Hall–Kier alpha value is -1.77. The third-order valence-electron chi connectivity index (χ3n) is 3.64. The van der Waals surface area contributed by atoms with Gasteiger partial charge in [-0.2, -0.15) is 0 Å². The summed E-state index contributed by atoms with van der Waals surface area (Å²) in [6, 6.07) is 9.63. The lowest BCUT2D eigenvalue weighted by molar-refractivity contribution is -0.723. The Bertz CT molecular complexity index is 863. The molecule has 0 saturated carbocycles. The van der Waals surface area contributed by atoms with E-state index in [2.05, 4.69) is 12.0 Å². The van der Waals surface area contributed by atoms with E-state index in [1.54, 1.807) is 6.07 Å². The molecular weight excluding hydrogens is 422 g/mol. The Morgan fingerprint density at radius 2 is 2.08 bits per heavy atom. The minimum Gasteiger partial charge on any atom is -1.00 e. The number of nitrogens with two attached hydrogens (primary N) is 1. The van der Waals surface area contributed by atoms with Gasteiger partial charge in [0.1, 0.15) is 12.4 Å². The number of rotatable bonds is 6. The Kier molecular flexibility index (Phi) is 6.69. The molecule has 132 valence electrons. The van der Waals surface area contributed by atoms with Crippen molar-refractivity contribution in [2.45, 2.75) is 27.0 Å². The molecule has 0 saturated heterocycles. The topological polar surface area (TPSA) is 69.1 Å². The van der Waals surface area contributed by atoms with Gasteiger partial charge < -0.3 is 21.7 Å². The summed E-state index contributed by atoms with van der Waals surface area (Å²) in [5, 5.41) is 7.50. The van der Waals surface area contributed by atoms with Gasteiger partial charge in [-0.05, 0) is 59.9 Å². The Balaban J connectivity index is 0.00000225. The first kappa shape index (κ1) is 19.6. The molecule has 0 aliphatic rings. The van der Waals surface area contributed by atoms with E-state index in [0.29, 0.717) is 16.6 Å². The summed E-state index contributed by atoms with van der Waals surface area (Å²) in [5.74, 6) is 0.807. The number of Topliss-reactive ketones (excluding diaryl/α,β-unsaturated/α-hetero) is 1. The number of aryl methyl sites for hydroxylation is 2. The third kappa shape index (κ3) is 4.87. The SMILES string of the molecule is Cc1ccc(OCc2n[n+](CC(=O)c3cccs3)c(N)s2)cc1C.[Br-]. The number of hydrogen-bond acceptors (Lipinski definition) is 6. The van der Waals surface area contributed by atoms with Crippen molar-refractivity contribution >= 4 is 33.6 Å². The Morgan fingerprint density at radius 1 is 1.28 bits per heavy atom. The molecule has 0 aliphatic heterocycles. The number of thiophene rings is 1. The number of ether oxygens (including phenoxy) is 1. The lowest BCUT2D eigenvalue weighted by Crippen LogP contribution is -3.00. The van der Waals surface area contributed by atoms with Crippen LogP contribution in [0.25, 0.3) is 0 Å². The van der Waals surface area contributed by atoms with E-state index in [-0.39, 0.29) is 29.3 Å². The first-order valence-electron chi connectivity index (χ1n) is 7.45. The van der Waals surface area contributed by atoms with Crippen molar-refractivity contribution in [2.75, 3.05) is 5.73 Å². The predicted molar refractivity (Wildman–Crippen MR) is 95.6 cm³/mol. The molecule has 2 N–H and O–H groups in total. The minimum absolute atomic E-state index is 0. The quantitative estimate of drug-likeness (QED) is 0.438. The maximum absolute atomic E-state index is 12.2. The number of aromatic nitrogens is 2. The molecule has 0 aliphatic carbocycles. The predicted octanol–water partition coefficient (Wildman–Crippen LogP) is 0.157. The second kappa shape index (κ2) is 8.55. The first-order valence-corrected chi connectivity index (χ1v) is 9.14. The molecule has 3 aromatic rings. The normalized spacial score (nSPS) is 10.3. The number of benzene rings is 1. The maximum Gasteiger partial charge on any atom is 0.354 e. The number of nitrogens with zero attached hydrogens (tertiary/aromatic N) is 2. The molecule has 0 radical (unpaired) electrons. The molecule has 25 heavy (non-hydrogen) atoms. The molecule has 0 bridgehead atoms. The average Bonchev–Trinajstić information content (AvgIpc) is 3.19. The van der Waals surface area contributed by atoms with Gasteiger partial charge in [-0.25, -0.2) is 0 Å². The van der Waals surface area contributed by atoms with Crippen LogP contribution in [0.15, 0.2) is 35.7 Å². The molecule has 3 rings (SSSR count). The lowest BCUT2D eigenvalue weighted by Gasteiger charge is -2.06. The highest BCUT2D eigenvalue weighted by atomic mass is 79.9. The monoisotopic (exact) mass is 439 g/mol. The van der Waals surface area contributed by atoms with E-state index in [0.717, 1.165) is 10.8 Å². The first-order chi connectivity index (χ1) is 11.5. The largest absolute Gasteiger partial charge is 1.00 e. The van der Waals surface area contributed by atoms with Gasteiger partial charge in [-0.3, -0.25) is 10.5 Å². The fourth-order valence-corrected chi connectivity index (χ4v) is 3.52. The molecule has 8 heteroatoms. The number of nitrogen functional groups attached to an aromatic ring is 1. The summed E-state index contributed by atoms with van der Waals surface area (Å²) < 4.78 is 7.30. The molecule has 0 unspecified atom stereocenters. The smallest absolute Gasteiger partial charge is 0.354 e. The van der Waals surface area contributed by atoms with Crippen LogP contribution in [0.1, 0.15) is 25.8 Å². The zero-order valence-corrected chi connectivity index (χ0v) is 17.1. The summed E-state index contributed by atoms with van der Waals surface area (Å²) in [6.07, 6.45) is 0. The van der Waals surface area contributed by atoms with Crippen molar-refractivity contribution in [1.82, 2.24) is 5.10 Å². The third-order valence-corrected chi connectivity index (χ3v) is 5.40. The second-order valence-electron chi connectivity index (χ2n) is 5.43. The van der Waals surface area contributed by atoms with Gasteiger partial charge in [0, 0.05) is 0 Å². The molecule has 2 aromatic heterocycles. The number of ketones is 1. The van der Waals surface area contributed by atoms with Crippen LogP contribution in [0.2, 0.25) is 0 Å². The zero-order chi connectivity index (χ0) is 17.1. The highest BCUT2D eigenvalue weighted by molar-refractivity contribution is 7.14. The zero-order valence-electron chi connectivity index (χ0n) is 13.9. The van der Waals surface area contributed by atoms with Crippen molar-refractivity contribution in [3.05, 3.63) is 56.7 Å². The highest BCUT2D eigenvalue weighted by Crippen LogP contribution is 2.19. The number of carbonyl (C=O) groups is 1. The fraction of sp³-hybridized carbons (Fsp3) is 0.235. The van der Waals surface area contributed by atoms with Gasteiger partial charge in [-0.1, -0.05) is 17.2 Å². The van der Waals surface area contributed by atoms with E-state index in [1.807, 2.05) is 36.6 Å². The highest BCUT2D eigenvalue weighted by Gasteiger charge is 2.19. The van der Waals surface area contributed by atoms with Crippen molar-refractivity contribution in [3.8, 4) is 5.75 Å². The van der Waals surface area contributed by atoms with Crippen LogP contribution < -0.4 is 32.1 Å². The fourth-order valence-electron chi connectivity index (χ4n) is 2.15. The minimum atomic E-state index is 0. The molecule has 0 atom stereocenters. The number of carbonyl (C=O) groups excluding carboxylic acids is 1. The van der Waals surface area contributed by atoms with Crippen molar-refractivity contribution < 1.29 is 31.2 Å². The van der Waals surface area contributed by atoms with Gasteiger partial charge >= 0.3 is 5.13 Å². The van der Waals surface area contributed by atoms with E-state index < -0.39 is 0 Å². The van der Waals surface area contributed by atoms with Crippen molar-refractivity contribution in [2.24, 2.45) is 0 Å².